The first-order chi connectivity index (χ1) is 16.1. The highest BCUT2D eigenvalue weighted by Gasteiger charge is 2.34. The van der Waals surface area contributed by atoms with Crippen LogP contribution < -0.4 is 10.6 Å². The van der Waals surface area contributed by atoms with Gasteiger partial charge in [-0.2, -0.15) is 0 Å². The lowest BCUT2D eigenvalue weighted by Gasteiger charge is -2.41. The zero-order valence-corrected chi connectivity index (χ0v) is 21.2. The molecule has 0 spiro atoms. The minimum Gasteiger partial charge on any atom is -0.396 e. The van der Waals surface area contributed by atoms with E-state index in [1.165, 1.54) is 6.26 Å². The molecule has 0 unspecified atom stereocenters. The number of ether oxygens (including phenoxy) is 1. The van der Waals surface area contributed by atoms with Gasteiger partial charge in [0.25, 0.3) is 0 Å². The summed E-state index contributed by atoms with van der Waals surface area (Å²) in [4.78, 5) is 22.0. The molecule has 2 heterocycles. The fourth-order valence-electron chi connectivity index (χ4n) is 4.70. The van der Waals surface area contributed by atoms with Gasteiger partial charge >= 0.3 is 0 Å². The van der Waals surface area contributed by atoms with Gasteiger partial charge < -0.3 is 20.3 Å². The van der Waals surface area contributed by atoms with Crippen LogP contribution in [0.5, 0.6) is 0 Å². The molecule has 2 aromatic rings. The predicted octanol–water partition coefficient (Wildman–Crippen LogP) is 2.99. The van der Waals surface area contributed by atoms with Crippen molar-refractivity contribution in [2.24, 2.45) is 0 Å². The fraction of sp³-hybridized carbons (Fsp3) is 0.520. The summed E-state index contributed by atoms with van der Waals surface area (Å²) >= 11 is 0. The smallest absolute Gasteiger partial charge is 0.225 e. The van der Waals surface area contributed by atoms with E-state index in [2.05, 4.69) is 11.8 Å². The van der Waals surface area contributed by atoms with Crippen LogP contribution in [0.15, 0.2) is 29.2 Å². The van der Waals surface area contributed by atoms with Gasteiger partial charge in [0.15, 0.2) is 15.7 Å². The van der Waals surface area contributed by atoms with Crippen LogP contribution in [-0.4, -0.2) is 69.9 Å². The Morgan fingerprint density at radius 3 is 2.44 bits per heavy atom. The Balaban J connectivity index is 1.65. The monoisotopic (exact) mass is 486 g/mol. The van der Waals surface area contributed by atoms with Crippen molar-refractivity contribution >= 4 is 27.2 Å². The molecule has 1 saturated heterocycles. The molecule has 1 aliphatic carbocycles. The molecular formula is C25H34N4O4S. The van der Waals surface area contributed by atoms with Crippen LogP contribution in [0.1, 0.15) is 43.4 Å². The second-order valence-electron chi connectivity index (χ2n) is 9.43. The van der Waals surface area contributed by atoms with E-state index in [1.54, 1.807) is 19.2 Å². The Bertz CT molecular complexity index is 1180. The summed E-state index contributed by atoms with van der Waals surface area (Å²) in [7, 11) is -1.65. The molecule has 2 N–H and O–H groups in total. The number of methoxy groups -OCH3 is 1. The molecule has 0 radical (unpaired) electrons. The number of rotatable bonds is 7. The van der Waals surface area contributed by atoms with Crippen molar-refractivity contribution in [3.63, 3.8) is 0 Å². The summed E-state index contributed by atoms with van der Waals surface area (Å²) in [5, 5.41) is 0. The topological polar surface area (TPSA) is 106 Å². The maximum absolute atomic E-state index is 12.5. The maximum atomic E-state index is 12.5. The fourth-order valence-corrected chi connectivity index (χ4v) is 5.34. The van der Waals surface area contributed by atoms with E-state index in [-0.39, 0.29) is 11.9 Å². The number of carbonyl (C=O) groups is 1. The Morgan fingerprint density at radius 1 is 1.21 bits per heavy atom. The van der Waals surface area contributed by atoms with E-state index in [9.17, 15) is 13.2 Å². The van der Waals surface area contributed by atoms with Crippen LogP contribution in [0.2, 0.25) is 0 Å². The maximum Gasteiger partial charge on any atom is 0.225 e. The first kappa shape index (κ1) is 24.5. The third kappa shape index (κ3) is 4.90. The van der Waals surface area contributed by atoms with Crippen LogP contribution in [0, 0.1) is 6.92 Å². The van der Waals surface area contributed by atoms with Gasteiger partial charge in [-0.25, -0.2) is 13.4 Å². The van der Waals surface area contributed by atoms with Gasteiger partial charge in [-0.3, -0.25) is 4.79 Å². The quantitative estimate of drug-likeness (QED) is 0.641. The first-order valence-corrected chi connectivity index (χ1v) is 13.6. The molecule has 2 fully saturated rings. The van der Waals surface area contributed by atoms with Crippen LogP contribution >= 0.6 is 0 Å². The number of hydrogen-bond donors (Lipinski definition) is 1. The van der Waals surface area contributed by atoms with Crippen molar-refractivity contribution in [1.29, 1.82) is 0 Å². The number of pyridine rings is 1. The Labute approximate surface area is 202 Å². The van der Waals surface area contributed by atoms with Gasteiger partial charge in [0.1, 0.15) is 0 Å². The molecule has 34 heavy (non-hydrogen) atoms. The number of piperazine rings is 1. The molecule has 2 aliphatic rings. The normalized spacial score (nSPS) is 18.9. The molecule has 1 aliphatic heterocycles. The number of aromatic nitrogens is 1. The second-order valence-corrected chi connectivity index (χ2v) is 11.4. The third-order valence-electron chi connectivity index (χ3n) is 6.81. The number of anilines is 2. The van der Waals surface area contributed by atoms with Gasteiger partial charge in [0.05, 0.1) is 29.3 Å². The van der Waals surface area contributed by atoms with Crippen LogP contribution in [0.25, 0.3) is 11.1 Å². The molecule has 0 bridgehead atoms. The molecule has 184 valence electrons. The number of nitrogens with zero attached hydrogens (tertiary/aromatic N) is 3. The van der Waals surface area contributed by atoms with Gasteiger partial charge in [-0.05, 0) is 49.9 Å². The second kappa shape index (κ2) is 9.54. The highest BCUT2D eigenvalue weighted by molar-refractivity contribution is 7.90. The number of carbonyl (C=O) groups excluding carboxylic acids is 1. The van der Waals surface area contributed by atoms with E-state index in [4.69, 9.17) is 15.5 Å². The van der Waals surface area contributed by atoms with E-state index < -0.39 is 9.84 Å². The lowest BCUT2D eigenvalue weighted by Crippen LogP contribution is -2.54. The number of nitrogens with two attached hydrogens (primary N) is 1. The van der Waals surface area contributed by atoms with Crippen molar-refractivity contribution in [3.05, 3.63) is 35.5 Å². The zero-order valence-electron chi connectivity index (χ0n) is 20.4. The lowest BCUT2D eigenvalue weighted by molar-refractivity contribution is -0.134. The standard InChI is InChI=1S/C25H34N4O4S/c1-16-15-28(12-13-29(16)21(30)11-14-33-3)25-23(26)17(2)22(24(27-25)19-5-6-19)18-7-9-20(10-8-18)34(4,31)32/h7-10,16,19H,5-6,11-15,26H2,1-4H3/t16-/m1/s1. The molecule has 1 amide bonds. The minimum atomic E-state index is -3.26. The van der Waals surface area contributed by atoms with Crippen molar-refractivity contribution < 1.29 is 17.9 Å². The number of benzene rings is 1. The largest absolute Gasteiger partial charge is 0.396 e. The number of sulfone groups is 1. The highest BCUT2D eigenvalue weighted by atomic mass is 32.2. The Kier molecular flexibility index (Phi) is 6.87. The van der Waals surface area contributed by atoms with Gasteiger partial charge in [0, 0.05) is 50.5 Å². The molecular weight excluding hydrogens is 452 g/mol. The number of hydrogen-bond acceptors (Lipinski definition) is 7. The zero-order chi connectivity index (χ0) is 24.6. The molecule has 1 aromatic heterocycles. The van der Waals surface area contributed by atoms with Crippen molar-refractivity contribution in [2.45, 2.75) is 50.0 Å². The summed E-state index contributed by atoms with van der Waals surface area (Å²) < 4.78 is 28.8. The molecule has 1 aromatic carbocycles. The first-order valence-electron chi connectivity index (χ1n) is 11.8. The summed E-state index contributed by atoms with van der Waals surface area (Å²) in [6, 6.07) is 7.03. The van der Waals surface area contributed by atoms with Crippen LogP contribution in [0.3, 0.4) is 0 Å². The molecule has 1 saturated carbocycles. The number of nitrogen functional groups attached to an aromatic ring is 1. The lowest BCUT2D eigenvalue weighted by atomic mass is 9.95. The molecule has 4 rings (SSSR count). The van der Waals surface area contributed by atoms with Gasteiger partial charge in [0.2, 0.25) is 5.91 Å². The summed E-state index contributed by atoms with van der Waals surface area (Å²) in [6.07, 6.45) is 3.77. The van der Waals surface area contributed by atoms with Crippen molar-refractivity contribution in [2.75, 3.05) is 50.2 Å². The average Bonchev–Trinajstić information content (AvgIpc) is 3.64. The number of amides is 1. The van der Waals surface area contributed by atoms with E-state index in [1.807, 2.05) is 24.0 Å². The van der Waals surface area contributed by atoms with E-state index in [0.717, 1.165) is 41.0 Å². The van der Waals surface area contributed by atoms with Gasteiger partial charge in [-0.15, -0.1) is 0 Å². The SMILES string of the molecule is COCCC(=O)N1CCN(c2nc(C3CC3)c(-c3ccc(S(C)(=O)=O)cc3)c(C)c2N)C[C@H]1C. The van der Waals surface area contributed by atoms with E-state index >= 15 is 0 Å². The Hall–Kier alpha value is -2.65. The molecule has 8 nitrogen and oxygen atoms in total. The highest BCUT2D eigenvalue weighted by Crippen LogP contribution is 2.47. The summed E-state index contributed by atoms with van der Waals surface area (Å²) in [5.41, 5.74) is 11.2. The van der Waals surface area contributed by atoms with E-state index in [0.29, 0.717) is 49.2 Å². The Morgan fingerprint density at radius 2 is 1.88 bits per heavy atom. The summed E-state index contributed by atoms with van der Waals surface area (Å²) in [6.45, 7) is 6.46. The van der Waals surface area contributed by atoms with Gasteiger partial charge in [-0.1, -0.05) is 12.1 Å². The van der Waals surface area contributed by atoms with Crippen molar-refractivity contribution in [3.8, 4) is 11.1 Å². The van der Waals surface area contributed by atoms with Crippen molar-refractivity contribution in [1.82, 2.24) is 9.88 Å². The average molecular weight is 487 g/mol. The van der Waals surface area contributed by atoms with Crippen LogP contribution in [0.4, 0.5) is 11.5 Å². The predicted molar refractivity (Wildman–Crippen MR) is 134 cm³/mol. The molecule has 1 atom stereocenters. The minimum absolute atomic E-state index is 0.0483. The van der Waals surface area contributed by atoms with Crippen LogP contribution in [-0.2, 0) is 19.4 Å². The molecule has 9 heteroatoms. The summed E-state index contributed by atoms with van der Waals surface area (Å²) in [5.74, 6) is 1.28. The third-order valence-corrected chi connectivity index (χ3v) is 7.93.